The van der Waals surface area contributed by atoms with Crippen molar-refractivity contribution in [1.29, 1.82) is 0 Å². The normalized spacial score (nSPS) is 18.4. The fraction of sp³-hybridized carbons (Fsp3) is 0.250. The molecule has 8 rings (SSSR count). The number of hydrogen-bond acceptors (Lipinski definition) is 6. The first-order valence-corrected chi connectivity index (χ1v) is 13.8. The van der Waals surface area contributed by atoms with Crippen LogP contribution < -0.4 is 10.6 Å². The molecule has 200 valence electrons. The third kappa shape index (κ3) is 3.20. The average Bonchev–Trinajstić information content (AvgIpc) is 3.69. The second-order valence-corrected chi connectivity index (χ2v) is 11.3. The summed E-state index contributed by atoms with van der Waals surface area (Å²) in [5.41, 5.74) is 13.0. The van der Waals surface area contributed by atoms with E-state index >= 15 is 0 Å². The summed E-state index contributed by atoms with van der Waals surface area (Å²) in [6.45, 7) is 1.50. The van der Waals surface area contributed by atoms with Crippen molar-refractivity contribution in [2.75, 3.05) is 18.0 Å². The molecule has 3 aromatic carbocycles. The summed E-state index contributed by atoms with van der Waals surface area (Å²) < 4.78 is 3.84. The first-order valence-electron chi connectivity index (χ1n) is 13.8. The molecule has 8 nitrogen and oxygen atoms in total. The predicted molar refractivity (Wildman–Crippen MR) is 156 cm³/mol. The van der Waals surface area contributed by atoms with Crippen LogP contribution in [0.2, 0.25) is 0 Å². The molecule has 4 heterocycles. The van der Waals surface area contributed by atoms with Crippen LogP contribution in [-0.2, 0) is 13.2 Å². The van der Waals surface area contributed by atoms with Crippen LogP contribution in [0, 0.1) is 5.41 Å². The van der Waals surface area contributed by atoms with E-state index in [2.05, 4.69) is 33.6 Å². The van der Waals surface area contributed by atoms with Gasteiger partial charge in [0, 0.05) is 48.7 Å². The van der Waals surface area contributed by atoms with Crippen molar-refractivity contribution in [2.45, 2.75) is 32.0 Å². The maximum Gasteiger partial charge on any atom is 0.213 e. The van der Waals surface area contributed by atoms with E-state index in [0.717, 1.165) is 71.2 Å². The topological polar surface area (TPSA) is 105 Å². The zero-order valence-corrected chi connectivity index (χ0v) is 22.0. The number of phenols is 1. The number of hydrogen-bond donors (Lipinski definition) is 3. The van der Waals surface area contributed by atoms with Crippen LogP contribution in [0.25, 0.3) is 38.6 Å². The van der Waals surface area contributed by atoms with E-state index in [-0.39, 0.29) is 23.9 Å². The van der Waals surface area contributed by atoms with Gasteiger partial charge in [-0.05, 0) is 58.9 Å². The highest BCUT2D eigenvalue weighted by atomic mass is 16.3. The minimum absolute atomic E-state index is 0.0591. The number of nitrogens with two attached hydrogens (primary N) is 1. The molecule has 8 heteroatoms. The Labute approximate surface area is 230 Å². The molecule has 0 bridgehead atoms. The molecule has 1 aliphatic carbocycles. The van der Waals surface area contributed by atoms with Gasteiger partial charge in [-0.25, -0.2) is 4.98 Å². The Kier molecular flexibility index (Phi) is 5.02. The second-order valence-electron chi connectivity index (χ2n) is 11.3. The standard InChI is InChI=1S/C32H30N6O2/c33-28-21-6-2-1-5-20(21)17-32(28)11-14-36(15-12-32)31-35-30-27(29-34-13-16-38(29)31)25(18-37(30)19-39)23-9-10-26(40)24-8-4-3-7-22(23)24/h1-10,13,16,18,28,39-40H,11-12,14-15,17,19,33H2/t28-/m1/s1. The molecular weight excluding hydrogens is 500 g/mol. The molecule has 1 saturated heterocycles. The lowest BCUT2D eigenvalue weighted by Gasteiger charge is -2.42. The van der Waals surface area contributed by atoms with E-state index in [9.17, 15) is 10.2 Å². The molecule has 0 amide bonds. The molecule has 1 atom stereocenters. The lowest BCUT2D eigenvalue weighted by atomic mass is 9.73. The van der Waals surface area contributed by atoms with Gasteiger partial charge in [0.1, 0.15) is 18.1 Å². The summed E-state index contributed by atoms with van der Waals surface area (Å²) in [5.74, 6) is 1.07. The second kappa shape index (κ2) is 8.55. The number of phenolic OH excluding ortho intramolecular Hbond substituents is 1. The summed E-state index contributed by atoms with van der Waals surface area (Å²) in [6, 6.07) is 20.1. The molecule has 1 aliphatic heterocycles. The van der Waals surface area contributed by atoms with E-state index in [1.807, 2.05) is 48.9 Å². The van der Waals surface area contributed by atoms with Crippen LogP contribution in [0.3, 0.4) is 0 Å². The van der Waals surface area contributed by atoms with Gasteiger partial charge in [0.25, 0.3) is 0 Å². The van der Waals surface area contributed by atoms with Crippen LogP contribution in [0.4, 0.5) is 5.95 Å². The summed E-state index contributed by atoms with van der Waals surface area (Å²) in [5, 5.41) is 23.4. The maximum absolute atomic E-state index is 10.5. The van der Waals surface area contributed by atoms with Crippen molar-refractivity contribution in [3.05, 3.63) is 90.4 Å². The van der Waals surface area contributed by atoms with Crippen molar-refractivity contribution in [3.8, 4) is 16.9 Å². The number of aliphatic hydroxyl groups is 1. The Balaban J connectivity index is 1.23. The lowest BCUT2D eigenvalue weighted by Crippen LogP contribution is -2.45. The predicted octanol–water partition coefficient (Wildman–Crippen LogP) is 5.00. The van der Waals surface area contributed by atoms with Crippen molar-refractivity contribution in [3.63, 3.8) is 0 Å². The molecular formula is C32H30N6O2. The fourth-order valence-corrected chi connectivity index (χ4v) is 7.20. The summed E-state index contributed by atoms with van der Waals surface area (Å²) in [4.78, 5) is 12.3. The van der Waals surface area contributed by atoms with Crippen molar-refractivity contribution in [2.24, 2.45) is 11.1 Å². The number of aromatic nitrogens is 4. The van der Waals surface area contributed by atoms with E-state index in [1.165, 1.54) is 11.1 Å². The highest BCUT2D eigenvalue weighted by molar-refractivity contribution is 6.10. The number of anilines is 1. The first-order chi connectivity index (χ1) is 19.6. The Hall–Kier alpha value is -4.40. The highest BCUT2D eigenvalue weighted by Gasteiger charge is 2.46. The smallest absolute Gasteiger partial charge is 0.213 e. The lowest BCUT2D eigenvalue weighted by molar-refractivity contribution is 0.186. The van der Waals surface area contributed by atoms with Gasteiger partial charge in [0.05, 0.1) is 5.39 Å². The Morgan fingerprint density at radius 2 is 1.70 bits per heavy atom. The molecule has 0 unspecified atom stereocenters. The molecule has 4 N–H and O–H groups in total. The number of aromatic hydroxyl groups is 1. The largest absolute Gasteiger partial charge is 0.507 e. The molecule has 1 spiro atoms. The number of nitrogens with zero attached hydrogens (tertiary/aromatic N) is 5. The van der Waals surface area contributed by atoms with Crippen LogP contribution in [-0.4, -0.2) is 42.2 Å². The molecule has 2 aliphatic rings. The minimum atomic E-state index is -0.202. The maximum atomic E-state index is 10.5. The van der Waals surface area contributed by atoms with Crippen LogP contribution >= 0.6 is 0 Å². The highest BCUT2D eigenvalue weighted by Crippen LogP contribution is 2.51. The quantitative estimate of drug-likeness (QED) is 0.297. The van der Waals surface area contributed by atoms with Gasteiger partial charge in [0.2, 0.25) is 5.95 Å². The number of aliphatic hydroxyl groups excluding tert-OH is 1. The Morgan fingerprint density at radius 3 is 2.50 bits per heavy atom. The zero-order valence-electron chi connectivity index (χ0n) is 22.0. The minimum Gasteiger partial charge on any atom is -0.507 e. The third-order valence-electron chi connectivity index (χ3n) is 9.31. The fourth-order valence-electron chi connectivity index (χ4n) is 7.20. The number of fused-ring (bicyclic) bond motifs is 5. The SMILES string of the molecule is N[C@@H]1c2ccccc2CC12CCN(c1nc3c(c(-c4ccc(O)c5ccccc45)cn3CO)c3nccn13)CC2. The third-order valence-corrected chi connectivity index (χ3v) is 9.31. The van der Waals surface area contributed by atoms with Gasteiger partial charge in [0.15, 0.2) is 5.65 Å². The van der Waals surface area contributed by atoms with Gasteiger partial charge in [-0.3, -0.25) is 4.40 Å². The van der Waals surface area contributed by atoms with Gasteiger partial charge in [-0.1, -0.05) is 48.5 Å². The average molecular weight is 531 g/mol. The van der Waals surface area contributed by atoms with E-state index in [4.69, 9.17) is 15.7 Å². The van der Waals surface area contributed by atoms with Gasteiger partial charge < -0.3 is 25.4 Å². The molecule has 40 heavy (non-hydrogen) atoms. The van der Waals surface area contributed by atoms with Crippen molar-refractivity contribution in [1.82, 2.24) is 18.9 Å². The summed E-state index contributed by atoms with van der Waals surface area (Å²) in [6.07, 6.45) is 8.73. The van der Waals surface area contributed by atoms with E-state index in [0.29, 0.717) is 5.65 Å². The number of rotatable bonds is 3. The Morgan fingerprint density at radius 1 is 0.925 bits per heavy atom. The van der Waals surface area contributed by atoms with Gasteiger partial charge in [-0.15, -0.1) is 0 Å². The van der Waals surface area contributed by atoms with Gasteiger partial charge in [-0.2, -0.15) is 4.98 Å². The molecule has 0 radical (unpaired) electrons. The van der Waals surface area contributed by atoms with Crippen molar-refractivity contribution >= 4 is 33.4 Å². The number of piperidine rings is 1. The number of imidazole rings is 1. The molecule has 1 fully saturated rings. The van der Waals surface area contributed by atoms with E-state index in [1.54, 1.807) is 10.6 Å². The molecule has 6 aromatic rings. The van der Waals surface area contributed by atoms with E-state index < -0.39 is 0 Å². The zero-order chi connectivity index (χ0) is 27.0. The summed E-state index contributed by atoms with van der Waals surface area (Å²) >= 11 is 0. The number of benzene rings is 3. The first kappa shape index (κ1) is 23.5. The van der Waals surface area contributed by atoms with Crippen LogP contribution in [0.1, 0.15) is 30.0 Å². The molecule has 0 saturated carbocycles. The summed E-state index contributed by atoms with van der Waals surface area (Å²) in [7, 11) is 0. The van der Waals surface area contributed by atoms with Crippen LogP contribution in [0.15, 0.2) is 79.3 Å². The molecule has 3 aromatic heterocycles. The monoisotopic (exact) mass is 530 g/mol. The van der Waals surface area contributed by atoms with Crippen LogP contribution in [0.5, 0.6) is 5.75 Å². The Bertz CT molecular complexity index is 1930. The van der Waals surface area contributed by atoms with Gasteiger partial charge >= 0.3 is 0 Å². The van der Waals surface area contributed by atoms with Crippen molar-refractivity contribution < 1.29 is 10.2 Å².